The van der Waals surface area contributed by atoms with Crippen LogP contribution >= 0.6 is 0 Å². The van der Waals surface area contributed by atoms with Crippen molar-refractivity contribution in [2.75, 3.05) is 5.32 Å². The summed E-state index contributed by atoms with van der Waals surface area (Å²) in [4.78, 5) is 33.2. The maximum Gasteiger partial charge on any atom is 0.408 e. The quantitative estimate of drug-likeness (QED) is 0.666. The SMILES string of the molecule is Cc1cc(NC(=O)c2c3c(cn2C)C(NC(=O)OCc2ncn(C)n2)CC3)ccn1. The Morgan fingerprint density at radius 1 is 1.30 bits per heavy atom. The zero-order chi connectivity index (χ0) is 21.3. The summed E-state index contributed by atoms with van der Waals surface area (Å²) in [6.07, 6.45) is 5.96. The van der Waals surface area contributed by atoms with Gasteiger partial charge < -0.3 is 19.9 Å². The molecule has 0 fully saturated rings. The highest BCUT2D eigenvalue weighted by atomic mass is 16.5. The van der Waals surface area contributed by atoms with Crippen molar-refractivity contribution < 1.29 is 14.3 Å². The van der Waals surface area contributed by atoms with Crippen LogP contribution in [-0.4, -0.2) is 36.3 Å². The summed E-state index contributed by atoms with van der Waals surface area (Å²) in [6.45, 7) is 1.87. The van der Waals surface area contributed by atoms with Gasteiger partial charge >= 0.3 is 6.09 Å². The zero-order valence-corrected chi connectivity index (χ0v) is 17.0. The highest BCUT2D eigenvalue weighted by Gasteiger charge is 2.31. The number of nitrogens with zero attached hydrogens (tertiary/aromatic N) is 5. The molecule has 1 aliphatic carbocycles. The molecular weight excluding hydrogens is 386 g/mol. The van der Waals surface area contributed by atoms with Gasteiger partial charge in [0.25, 0.3) is 5.91 Å². The Morgan fingerprint density at radius 2 is 2.13 bits per heavy atom. The van der Waals surface area contributed by atoms with Crippen molar-refractivity contribution >= 4 is 17.7 Å². The Bertz CT molecular complexity index is 1100. The largest absolute Gasteiger partial charge is 0.441 e. The fourth-order valence-corrected chi connectivity index (χ4v) is 3.73. The highest BCUT2D eigenvalue weighted by Crippen LogP contribution is 2.35. The molecule has 0 radical (unpaired) electrons. The van der Waals surface area contributed by atoms with Crippen LogP contribution in [0, 0.1) is 6.92 Å². The van der Waals surface area contributed by atoms with Crippen molar-refractivity contribution in [2.24, 2.45) is 14.1 Å². The van der Waals surface area contributed by atoms with Gasteiger partial charge in [-0.05, 0) is 43.0 Å². The Balaban J connectivity index is 1.42. The molecule has 1 unspecified atom stereocenters. The van der Waals surface area contributed by atoms with Crippen molar-refractivity contribution in [1.82, 2.24) is 29.6 Å². The van der Waals surface area contributed by atoms with Crippen LogP contribution in [0.2, 0.25) is 0 Å². The van der Waals surface area contributed by atoms with Crippen LogP contribution in [0.4, 0.5) is 10.5 Å². The number of hydrogen-bond acceptors (Lipinski definition) is 6. The number of alkyl carbamates (subject to hydrolysis) is 1. The molecule has 1 aliphatic rings. The van der Waals surface area contributed by atoms with E-state index in [1.807, 2.05) is 26.2 Å². The van der Waals surface area contributed by atoms with Gasteiger partial charge in [0.1, 0.15) is 12.0 Å². The maximum absolute atomic E-state index is 12.9. The Labute approximate surface area is 173 Å². The molecule has 1 atom stereocenters. The summed E-state index contributed by atoms with van der Waals surface area (Å²) in [5.41, 5.74) is 3.99. The van der Waals surface area contributed by atoms with Crippen LogP contribution in [0.3, 0.4) is 0 Å². The van der Waals surface area contributed by atoms with Crippen molar-refractivity contribution in [3.63, 3.8) is 0 Å². The average molecular weight is 409 g/mol. The van der Waals surface area contributed by atoms with Gasteiger partial charge in [-0.15, -0.1) is 0 Å². The second-order valence-electron chi connectivity index (χ2n) is 7.31. The van der Waals surface area contributed by atoms with Crippen molar-refractivity contribution in [1.29, 1.82) is 0 Å². The highest BCUT2D eigenvalue weighted by molar-refractivity contribution is 6.04. The molecule has 156 valence electrons. The first kappa shape index (κ1) is 19.6. The molecule has 0 bridgehead atoms. The van der Waals surface area contributed by atoms with Gasteiger partial charge in [-0.2, -0.15) is 5.10 Å². The van der Waals surface area contributed by atoms with E-state index in [4.69, 9.17) is 4.74 Å². The minimum atomic E-state index is -0.539. The number of carbonyl (C=O) groups excluding carboxylic acids is 2. The second-order valence-corrected chi connectivity index (χ2v) is 7.31. The Kier molecular flexibility index (Phi) is 5.21. The number of amides is 2. The molecule has 0 spiro atoms. The van der Waals surface area contributed by atoms with Gasteiger partial charge in [0.05, 0.1) is 6.04 Å². The lowest BCUT2D eigenvalue weighted by atomic mass is 10.1. The molecule has 3 heterocycles. The zero-order valence-electron chi connectivity index (χ0n) is 17.0. The van der Waals surface area contributed by atoms with Crippen LogP contribution < -0.4 is 10.6 Å². The summed E-state index contributed by atoms with van der Waals surface area (Å²) < 4.78 is 8.55. The molecule has 10 heteroatoms. The Morgan fingerprint density at radius 3 is 2.87 bits per heavy atom. The summed E-state index contributed by atoms with van der Waals surface area (Å²) in [6, 6.07) is 3.36. The topological polar surface area (TPSA) is 116 Å². The molecule has 0 saturated carbocycles. The average Bonchev–Trinajstić information content (AvgIpc) is 3.36. The van der Waals surface area contributed by atoms with Gasteiger partial charge in [-0.1, -0.05) is 0 Å². The number of nitrogens with one attached hydrogen (secondary N) is 2. The molecule has 0 saturated heterocycles. The number of anilines is 1. The van der Waals surface area contributed by atoms with Crippen LogP contribution in [0.25, 0.3) is 0 Å². The molecule has 4 rings (SSSR count). The monoisotopic (exact) mass is 409 g/mol. The molecule has 0 aliphatic heterocycles. The first-order chi connectivity index (χ1) is 14.4. The summed E-state index contributed by atoms with van der Waals surface area (Å²) >= 11 is 0. The van der Waals surface area contributed by atoms with E-state index in [1.165, 1.54) is 0 Å². The van der Waals surface area contributed by atoms with E-state index in [9.17, 15) is 9.59 Å². The Hall–Kier alpha value is -3.69. The number of aryl methyl sites for hydroxylation is 3. The van der Waals surface area contributed by atoms with Crippen molar-refractivity contribution in [3.05, 3.63) is 59.2 Å². The standard InChI is InChI=1S/C20H23N7O3/c1-12-8-13(6-7-21-12)23-19(28)18-14-4-5-16(15(14)9-26(18)2)24-20(29)30-10-17-22-11-27(3)25-17/h6-9,11,16H,4-5,10H2,1-3H3,(H,24,29)(H,21,23,28). The fourth-order valence-electron chi connectivity index (χ4n) is 3.73. The minimum Gasteiger partial charge on any atom is -0.441 e. The van der Waals surface area contributed by atoms with Gasteiger partial charge in [-0.3, -0.25) is 14.5 Å². The number of aromatic nitrogens is 5. The number of hydrogen-bond donors (Lipinski definition) is 2. The number of ether oxygens (including phenoxy) is 1. The first-order valence-corrected chi connectivity index (χ1v) is 9.60. The minimum absolute atomic E-state index is 0.0000452. The lowest BCUT2D eigenvalue weighted by molar-refractivity contribution is 0.101. The van der Waals surface area contributed by atoms with Gasteiger partial charge in [0, 0.05) is 37.9 Å². The van der Waals surface area contributed by atoms with E-state index < -0.39 is 6.09 Å². The third-order valence-corrected chi connectivity index (χ3v) is 5.02. The predicted molar refractivity (Wildman–Crippen MR) is 108 cm³/mol. The van der Waals surface area contributed by atoms with E-state index >= 15 is 0 Å². The van der Waals surface area contributed by atoms with Crippen LogP contribution in [0.5, 0.6) is 0 Å². The molecule has 10 nitrogen and oxygen atoms in total. The molecule has 0 aromatic carbocycles. The van der Waals surface area contributed by atoms with E-state index in [0.717, 1.165) is 16.8 Å². The molecule has 2 N–H and O–H groups in total. The van der Waals surface area contributed by atoms with E-state index in [-0.39, 0.29) is 18.6 Å². The lowest BCUT2D eigenvalue weighted by Crippen LogP contribution is -2.27. The third kappa shape index (κ3) is 4.02. The van der Waals surface area contributed by atoms with Gasteiger partial charge in [0.15, 0.2) is 12.4 Å². The molecular formula is C20H23N7O3. The van der Waals surface area contributed by atoms with Gasteiger partial charge in [-0.25, -0.2) is 9.78 Å². The third-order valence-electron chi connectivity index (χ3n) is 5.02. The number of pyridine rings is 1. The molecule has 30 heavy (non-hydrogen) atoms. The number of rotatable bonds is 5. The fraction of sp³-hybridized carbons (Fsp3) is 0.350. The van der Waals surface area contributed by atoms with Crippen molar-refractivity contribution in [2.45, 2.75) is 32.4 Å². The van der Waals surface area contributed by atoms with Crippen LogP contribution in [0.15, 0.2) is 30.9 Å². The van der Waals surface area contributed by atoms with Crippen LogP contribution in [-0.2, 0) is 31.9 Å². The second kappa shape index (κ2) is 7.97. The van der Waals surface area contributed by atoms with Crippen molar-refractivity contribution in [3.8, 4) is 0 Å². The predicted octanol–water partition coefficient (Wildman–Crippen LogP) is 2.02. The smallest absolute Gasteiger partial charge is 0.408 e. The van der Waals surface area contributed by atoms with Gasteiger partial charge in [0.2, 0.25) is 0 Å². The summed E-state index contributed by atoms with van der Waals surface area (Å²) in [5.74, 6) is 0.249. The normalized spacial score (nSPS) is 15.0. The van der Waals surface area contributed by atoms with E-state index in [2.05, 4.69) is 25.7 Å². The first-order valence-electron chi connectivity index (χ1n) is 9.60. The summed E-state index contributed by atoms with van der Waals surface area (Å²) in [5, 5.41) is 9.87. The number of fused-ring (bicyclic) bond motifs is 1. The molecule has 3 aromatic rings. The van der Waals surface area contributed by atoms with Crippen LogP contribution in [0.1, 0.15) is 45.6 Å². The number of carbonyl (C=O) groups is 2. The van der Waals surface area contributed by atoms with E-state index in [0.29, 0.717) is 30.0 Å². The lowest BCUT2D eigenvalue weighted by Gasteiger charge is -2.12. The summed E-state index contributed by atoms with van der Waals surface area (Å²) in [7, 11) is 3.57. The molecule has 3 aromatic heterocycles. The maximum atomic E-state index is 12.9. The van der Waals surface area contributed by atoms with E-state index in [1.54, 1.807) is 34.9 Å². The molecule has 2 amide bonds.